The smallest absolute Gasteiger partial charge is 0.120 e. The maximum Gasteiger partial charge on any atom is 0.120 e. The maximum absolute atomic E-state index is 10.5. The number of phenols is 1. The molecule has 2 heterocycles. The minimum absolute atomic E-state index is 0.0406. The summed E-state index contributed by atoms with van der Waals surface area (Å²) in [7, 11) is 0. The van der Waals surface area contributed by atoms with Gasteiger partial charge in [0.05, 0.1) is 6.04 Å². The highest BCUT2D eigenvalue weighted by molar-refractivity contribution is 9.10. The van der Waals surface area contributed by atoms with E-state index >= 15 is 0 Å². The van der Waals surface area contributed by atoms with E-state index < -0.39 is 0 Å². The van der Waals surface area contributed by atoms with E-state index in [0.717, 1.165) is 36.2 Å². The topological polar surface area (TPSA) is 39.6 Å². The van der Waals surface area contributed by atoms with Crippen molar-refractivity contribution in [1.29, 1.82) is 0 Å². The molecule has 1 aromatic heterocycles. The lowest BCUT2D eigenvalue weighted by Gasteiger charge is -2.40. The molecule has 0 radical (unpaired) electrons. The van der Waals surface area contributed by atoms with Crippen molar-refractivity contribution < 1.29 is 5.11 Å². The summed E-state index contributed by atoms with van der Waals surface area (Å²) in [4.78, 5) is 8.96. The molecular formula is C22H22BrN3O. The summed E-state index contributed by atoms with van der Waals surface area (Å²) in [6.45, 7) is 3.75. The fourth-order valence-electron chi connectivity index (χ4n) is 3.74. The Kier molecular flexibility index (Phi) is 5.41. The van der Waals surface area contributed by atoms with Crippen molar-refractivity contribution in [2.24, 2.45) is 0 Å². The van der Waals surface area contributed by atoms with Gasteiger partial charge in [0.15, 0.2) is 0 Å². The van der Waals surface area contributed by atoms with Gasteiger partial charge in [-0.15, -0.1) is 0 Å². The first-order valence-corrected chi connectivity index (χ1v) is 9.94. The summed E-state index contributed by atoms with van der Waals surface area (Å²) in [6.07, 6.45) is 3.68. The second-order valence-electron chi connectivity index (χ2n) is 6.74. The third-order valence-electron chi connectivity index (χ3n) is 5.12. The Balaban J connectivity index is 1.60. The Morgan fingerprint density at radius 1 is 0.852 bits per heavy atom. The van der Waals surface area contributed by atoms with Gasteiger partial charge in [-0.3, -0.25) is 9.88 Å². The quantitative estimate of drug-likeness (QED) is 0.672. The Morgan fingerprint density at radius 2 is 1.52 bits per heavy atom. The van der Waals surface area contributed by atoms with Crippen LogP contribution in [0.1, 0.15) is 17.2 Å². The number of hydrogen-bond acceptors (Lipinski definition) is 4. The molecule has 0 amide bonds. The molecule has 1 aliphatic heterocycles. The maximum atomic E-state index is 10.5. The number of phenolic OH excluding ortho intramolecular Hbond substituents is 1. The zero-order valence-corrected chi connectivity index (χ0v) is 16.6. The van der Waals surface area contributed by atoms with Crippen LogP contribution < -0.4 is 4.90 Å². The highest BCUT2D eigenvalue weighted by atomic mass is 79.9. The van der Waals surface area contributed by atoms with Gasteiger partial charge in [-0.25, -0.2) is 0 Å². The van der Waals surface area contributed by atoms with Crippen LogP contribution >= 0.6 is 15.9 Å². The lowest BCUT2D eigenvalue weighted by molar-refractivity contribution is 0.209. The number of benzene rings is 2. The molecule has 1 fully saturated rings. The van der Waals surface area contributed by atoms with Crippen molar-refractivity contribution in [2.45, 2.75) is 6.04 Å². The highest BCUT2D eigenvalue weighted by Crippen LogP contribution is 2.35. The predicted octanol–water partition coefficient (Wildman–Crippen LogP) is 4.46. The lowest BCUT2D eigenvalue weighted by atomic mass is 9.95. The molecule has 0 aliphatic carbocycles. The monoisotopic (exact) mass is 423 g/mol. The van der Waals surface area contributed by atoms with Gasteiger partial charge in [-0.1, -0.05) is 46.3 Å². The number of rotatable bonds is 4. The van der Waals surface area contributed by atoms with Crippen LogP contribution in [0.2, 0.25) is 0 Å². The normalized spacial score (nSPS) is 16.3. The van der Waals surface area contributed by atoms with Crippen LogP contribution in [0.3, 0.4) is 0 Å². The number of piperazine rings is 1. The van der Waals surface area contributed by atoms with Crippen molar-refractivity contribution in [3.8, 4) is 5.75 Å². The summed E-state index contributed by atoms with van der Waals surface area (Å²) in [5.41, 5.74) is 3.36. The van der Waals surface area contributed by atoms with Crippen molar-refractivity contribution in [1.82, 2.24) is 9.88 Å². The average molecular weight is 424 g/mol. The third-order valence-corrected chi connectivity index (χ3v) is 5.65. The van der Waals surface area contributed by atoms with Gasteiger partial charge >= 0.3 is 0 Å². The molecule has 1 aliphatic rings. The molecule has 0 saturated carbocycles. The van der Waals surface area contributed by atoms with E-state index in [9.17, 15) is 5.11 Å². The molecule has 0 bridgehead atoms. The third kappa shape index (κ3) is 3.99. The van der Waals surface area contributed by atoms with E-state index in [0.29, 0.717) is 5.75 Å². The Bertz CT molecular complexity index is 878. The van der Waals surface area contributed by atoms with E-state index in [1.807, 2.05) is 30.6 Å². The summed E-state index contributed by atoms with van der Waals surface area (Å²) >= 11 is 3.52. The van der Waals surface area contributed by atoms with E-state index in [4.69, 9.17) is 0 Å². The van der Waals surface area contributed by atoms with E-state index in [1.165, 1.54) is 11.3 Å². The largest absolute Gasteiger partial charge is 0.508 e. The number of nitrogens with zero attached hydrogens (tertiary/aromatic N) is 3. The van der Waals surface area contributed by atoms with Crippen LogP contribution in [0.15, 0.2) is 77.5 Å². The summed E-state index contributed by atoms with van der Waals surface area (Å²) in [5, 5.41) is 10.5. The van der Waals surface area contributed by atoms with Gasteiger partial charge in [0.2, 0.25) is 0 Å². The van der Waals surface area contributed by atoms with Crippen LogP contribution in [-0.4, -0.2) is 41.2 Å². The standard InChI is InChI=1S/C22H22BrN3O/c23-18-7-5-17(6-8-18)22(20-3-1-2-4-21(20)27)26-15-13-25(14-16-26)19-9-11-24-12-10-19/h1-12,22,27H,13-16H2. The summed E-state index contributed by atoms with van der Waals surface area (Å²) < 4.78 is 1.06. The van der Waals surface area contributed by atoms with Crippen molar-refractivity contribution in [3.05, 3.63) is 88.7 Å². The number of para-hydroxylation sites is 1. The second-order valence-corrected chi connectivity index (χ2v) is 7.66. The van der Waals surface area contributed by atoms with Gasteiger partial charge in [0.1, 0.15) is 5.75 Å². The van der Waals surface area contributed by atoms with Gasteiger partial charge < -0.3 is 10.0 Å². The molecule has 0 spiro atoms. The molecule has 3 aromatic rings. The average Bonchev–Trinajstić information content (AvgIpc) is 2.72. The molecule has 27 heavy (non-hydrogen) atoms. The second kappa shape index (κ2) is 8.11. The van der Waals surface area contributed by atoms with Gasteiger partial charge in [0.25, 0.3) is 0 Å². The zero-order chi connectivity index (χ0) is 18.6. The molecule has 4 nitrogen and oxygen atoms in total. The SMILES string of the molecule is Oc1ccccc1C(c1ccc(Br)cc1)N1CCN(c2ccncc2)CC1. The van der Waals surface area contributed by atoms with Gasteiger partial charge in [-0.2, -0.15) is 0 Å². The Morgan fingerprint density at radius 3 is 2.19 bits per heavy atom. The molecule has 1 atom stereocenters. The van der Waals surface area contributed by atoms with E-state index in [-0.39, 0.29) is 6.04 Å². The minimum atomic E-state index is 0.0406. The highest BCUT2D eigenvalue weighted by Gasteiger charge is 2.28. The number of halogens is 1. The molecular weight excluding hydrogens is 402 g/mol. The Hall–Kier alpha value is -2.37. The van der Waals surface area contributed by atoms with E-state index in [1.54, 1.807) is 6.07 Å². The first-order chi connectivity index (χ1) is 13.2. The number of aromatic nitrogens is 1. The van der Waals surface area contributed by atoms with Gasteiger partial charge in [0, 0.05) is 54.3 Å². The zero-order valence-electron chi connectivity index (χ0n) is 15.0. The van der Waals surface area contributed by atoms with Crippen LogP contribution in [0.5, 0.6) is 5.75 Å². The minimum Gasteiger partial charge on any atom is -0.508 e. The number of pyridine rings is 1. The van der Waals surface area contributed by atoms with Crippen LogP contribution in [0, 0.1) is 0 Å². The van der Waals surface area contributed by atoms with E-state index in [2.05, 4.69) is 67.1 Å². The predicted molar refractivity (Wildman–Crippen MR) is 112 cm³/mol. The molecule has 1 N–H and O–H groups in total. The molecule has 2 aromatic carbocycles. The fraction of sp³-hybridized carbons (Fsp3) is 0.227. The van der Waals surface area contributed by atoms with Crippen LogP contribution in [-0.2, 0) is 0 Å². The summed E-state index contributed by atoms with van der Waals surface area (Å²) in [5.74, 6) is 0.349. The molecule has 4 rings (SSSR count). The lowest BCUT2D eigenvalue weighted by Crippen LogP contribution is -2.48. The van der Waals surface area contributed by atoms with Gasteiger partial charge in [-0.05, 0) is 35.9 Å². The van der Waals surface area contributed by atoms with Crippen molar-refractivity contribution in [2.75, 3.05) is 31.1 Å². The Labute approximate surface area is 168 Å². The number of hydrogen-bond donors (Lipinski definition) is 1. The fourth-order valence-corrected chi connectivity index (χ4v) is 4.01. The molecule has 1 saturated heterocycles. The molecule has 5 heteroatoms. The first-order valence-electron chi connectivity index (χ1n) is 9.15. The number of anilines is 1. The van der Waals surface area contributed by atoms with Crippen LogP contribution in [0.4, 0.5) is 5.69 Å². The summed E-state index contributed by atoms with van der Waals surface area (Å²) in [6, 6.07) is 20.2. The van der Waals surface area contributed by atoms with Crippen LogP contribution in [0.25, 0.3) is 0 Å². The van der Waals surface area contributed by atoms with Crippen molar-refractivity contribution in [3.63, 3.8) is 0 Å². The molecule has 138 valence electrons. The first kappa shape index (κ1) is 18.0. The number of aromatic hydroxyl groups is 1. The molecule has 1 unspecified atom stereocenters. The van der Waals surface area contributed by atoms with Crippen molar-refractivity contribution >= 4 is 21.6 Å².